The van der Waals surface area contributed by atoms with Gasteiger partial charge in [0.25, 0.3) is 0 Å². The molecule has 290 valence electrons. The second-order valence-corrected chi connectivity index (χ2v) is 15.6. The molecule has 0 radical (unpaired) electrons. The Labute approximate surface area is 355 Å². The zero-order valence-corrected chi connectivity index (χ0v) is 34.7. The lowest BCUT2D eigenvalue weighted by atomic mass is 9.95. The number of hydrogen-bond acceptors (Lipinski definition) is 2. The van der Waals surface area contributed by atoms with E-state index < -0.39 is 0 Å². The molecule has 2 nitrogen and oxygen atoms in total. The molecule has 2 heteroatoms. The van der Waals surface area contributed by atoms with E-state index in [2.05, 4.69) is 256 Å². The highest BCUT2D eigenvalue weighted by atomic mass is 15.1. The molecule has 0 heterocycles. The first-order valence-electron chi connectivity index (χ1n) is 20.8. The zero-order valence-electron chi connectivity index (χ0n) is 34.7. The molecule has 9 aromatic rings. The predicted molar refractivity (Wildman–Crippen MR) is 256 cm³/mol. The van der Waals surface area contributed by atoms with Crippen LogP contribution in [0.4, 0.5) is 34.1 Å². The number of para-hydroxylation sites is 2. The minimum absolute atomic E-state index is 1.11. The molecule has 0 unspecified atom stereocenters. The lowest BCUT2D eigenvalue weighted by Crippen LogP contribution is -2.10. The van der Waals surface area contributed by atoms with E-state index in [1.165, 1.54) is 66.8 Å². The molecule has 9 aromatic carbocycles. The molecule has 0 aliphatic rings. The molecule has 0 amide bonds. The number of aryl methyl sites for hydroxylation is 4. The maximum atomic E-state index is 2.35. The van der Waals surface area contributed by atoms with E-state index in [-0.39, 0.29) is 0 Å². The van der Waals surface area contributed by atoms with Crippen LogP contribution in [0.25, 0.3) is 44.5 Å². The number of benzene rings is 9. The highest BCUT2D eigenvalue weighted by molar-refractivity contribution is 5.85. The largest absolute Gasteiger partial charge is 0.310 e. The van der Waals surface area contributed by atoms with Gasteiger partial charge in [-0.25, -0.2) is 0 Å². The molecule has 0 aliphatic heterocycles. The maximum absolute atomic E-state index is 2.35. The summed E-state index contributed by atoms with van der Waals surface area (Å²) in [6, 6.07) is 79.0. The molecular formula is C58H48N2. The van der Waals surface area contributed by atoms with Gasteiger partial charge in [-0.05, 0) is 173 Å². The SMILES string of the molecule is Cc1ccccc1-c1cc(N(c2ccccc2)c2ccc(-c3cccc(-c4ccc(N(c5ccccc5)c5ccc(C)c(-c6ccccc6C)c5)cc4)c3)cc2)ccc1C. The van der Waals surface area contributed by atoms with Gasteiger partial charge in [0.05, 0.1) is 0 Å². The third-order valence-corrected chi connectivity index (χ3v) is 11.6. The topological polar surface area (TPSA) is 6.48 Å². The van der Waals surface area contributed by atoms with Crippen LogP contribution < -0.4 is 9.80 Å². The first kappa shape index (κ1) is 38.1. The van der Waals surface area contributed by atoms with Crippen molar-refractivity contribution in [2.75, 3.05) is 9.80 Å². The van der Waals surface area contributed by atoms with Gasteiger partial charge in [-0.2, -0.15) is 0 Å². The second-order valence-electron chi connectivity index (χ2n) is 15.6. The van der Waals surface area contributed by atoms with Crippen molar-refractivity contribution in [3.63, 3.8) is 0 Å². The van der Waals surface area contributed by atoms with Crippen molar-refractivity contribution in [3.8, 4) is 44.5 Å². The first-order valence-corrected chi connectivity index (χ1v) is 20.8. The molecular weight excluding hydrogens is 725 g/mol. The van der Waals surface area contributed by atoms with Crippen molar-refractivity contribution in [1.29, 1.82) is 0 Å². The maximum Gasteiger partial charge on any atom is 0.0467 e. The summed E-state index contributed by atoms with van der Waals surface area (Å²) in [4.78, 5) is 4.70. The Hall–Kier alpha value is -7.42. The third-order valence-electron chi connectivity index (χ3n) is 11.6. The van der Waals surface area contributed by atoms with Crippen molar-refractivity contribution < 1.29 is 0 Å². The van der Waals surface area contributed by atoms with Crippen LogP contribution in [0.15, 0.2) is 218 Å². The van der Waals surface area contributed by atoms with E-state index in [9.17, 15) is 0 Å². The highest BCUT2D eigenvalue weighted by Gasteiger charge is 2.17. The normalized spacial score (nSPS) is 11.0. The van der Waals surface area contributed by atoms with Crippen molar-refractivity contribution in [1.82, 2.24) is 0 Å². The smallest absolute Gasteiger partial charge is 0.0467 e. The molecule has 0 fully saturated rings. The molecule has 0 aromatic heterocycles. The second kappa shape index (κ2) is 16.8. The third kappa shape index (κ3) is 7.76. The number of hydrogen-bond donors (Lipinski definition) is 0. The lowest BCUT2D eigenvalue weighted by molar-refractivity contribution is 1.27. The summed E-state index contributed by atoms with van der Waals surface area (Å²) < 4.78 is 0. The summed E-state index contributed by atoms with van der Waals surface area (Å²) in [5.74, 6) is 0. The minimum atomic E-state index is 1.11. The molecule has 0 saturated carbocycles. The van der Waals surface area contributed by atoms with E-state index >= 15 is 0 Å². The standard InChI is InChI=1S/C58H48N2/c1-41-16-11-13-24-55(41)57-39-53(32-26-43(57)3)59(49-20-7-5-8-21-49)51-34-28-45(29-35-51)47-18-15-19-48(38-47)46-30-36-52(37-31-46)60(50-22-9-6-10-23-50)54-33-27-44(4)58(40-54)56-25-14-12-17-42(56)2/h5-40H,1-4H3. The van der Waals surface area contributed by atoms with Gasteiger partial charge in [0.15, 0.2) is 0 Å². The Kier molecular flexibility index (Phi) is 10.7. The Bertz CT molecular complexity index is 2700. The first-order chi connectivity index (χ1) is 29.4. The van der Waals surface area contributed by atoms with Crippen LogP contribution in [0.5, 0.6) is 0 Å². The quantitative estimate of drug-likeness (QED) is 0.137. The van der Waals surface area contributed by atoms with Crippen molar-refractivity contribution in [2.45, 2.75) is 27.7 Å². The van der Waals surface area contributed by atoms with E-state index in [1.807, 2.05) is 0 Å². The van der Waals surface area contributed by atoms with Crippen LogP contribution in [0.2, 0.25) is 0 Å². The number of nitrogens with zero attached hydrogens (tertiary/aromatic N) is 2. The summed E-state index contributed by atoms with van der Waals surface area (Å²) >= 11 is 0. The van der Waals surface area contributed by atoms with Gasteiger partial charge >= 0.3 is 0 Å². The molecule has 0 atom stereocenters. The van der Waals surface area contributed by atoms with Gasteiger partial charge in [-0.1, -0.05) is 140 Å². The molecule has 60 heavy (non-hydrogen) atoms. The van der Waals surface area contributed by atoms with Gasteiger partial charge in [0.2, 0.25) is 0 Å². The van der Waals surface area contributed by atoms with Crippen LogP contribution in [0.3, 0.4) is 0 Å². The van der Waals surface area contributed by atoms with E-state index in [4.69, 9.17) is 0 Å². The van der Waals surface area contributed by atoms with Crippen LogP contribution in [-0.4, -0.2) is 0 Å². The predicted octanol–water partition coefficient (Wildman–Crippen LogP) is 16.5. The van der Waals surface area contributed by atoms with Crippen LogP contribution in [-0.2, 0) is 0 Å². The van der Waals surface area contributed by atoms with E-state index in [1.54, 1.807) is 0 Å². The van der Waals surface area contributed by atoms with Crippen molar-refractivity contribution in [2.24, 2.45) is 0 Å². The highest BCUT2D eigenvalue weighted by Crippen LogP contribution is 2.41. The summed E-state index contributed by atoms with van der Waals surface area (Å²) in [5, 5.41) is 0. The summed E-state index contributed by atoms with van der Waals surface area (Å²) in [6.45, 7) is 8.77. The summed E-state index contributed by atoms with van der Waals surface area (Å²) in [5.41, 5.74) is 21.5. The number of anilines is 6. The minimum Gasteiger partial charge on any atom is -0.310 e. The van der Waals surface area contributed by atoms with Crippen molar-refractivity contribution in [3.05, 3.63) is 241 Å². The van der Waals surface area contributed by atoms with Crippen LogP contribution >= 0.6 is 0 Å². The van der Waals surface area contributed by atoms with Crippen LogP contribution in [0, 0.1) is 27.7 Å². The van der Waals surface area contributed by atoms with Gasteiger partial charge in [-0.3, -0.25) is 0 Å². The van der Waals surface area contributed by atoms with Crippen LogP contribution in [0.1, 0.15) is 22.3 Å². The molecule has 0 bridgehead atoms. The zero-order chi connectivity index (χ0) is 41.0. The van der Waals surface area contributed by atoms with Gasteiger partial charge in [-0.15, -0.1) is 0 Å². The average molecular weight is 773 g/mol. The Morgan fingerprint density at radius 2 is 0.550 bits per heavy atom. The Balaban J connectivity index is 1.02. The molecule has 9 rings (SSSR count). The Morgan fingerprint density at radius 1 is 0.217 bits per heavy atom. The fourth-order valence-electron chi connectivity index (χ4n) is 8.36. The van der Waals surface area contributed by atoms with Gasteiger partial charge in [0, 0.05) is 34.1 Å². The summed E-state index contributed by atoms with van der Waals surface area (Å²) in [6.07, 6.45) is 0. The van der Waals surface area contributed by atoms with Gasteiger partial charge < -0.3 is 9.80 Å². The van der Waals surface area contributed by atoms with E-state index in [0.717, 1.165) is 34.1 Å². The number of rotatable bonds is 10. The van der Waals surface area contributed by atoms with E-state index in [0.29, 0.717) is 0 Å². The fraction of sp³-hybridized carbons (Fsp3) is 0.0690. The fourth-order valence-corrected chi connectivity index (χ4v) is 8.36. The molecule has 0 aliphatic carbocycles. The summed E-state index contributed by atoms with van der Waals surface area (Å²) in [7, 11) is 0. The molecule has 0 spiro atoms. The lowest BCUT2D eigenvalue weighted by Gasteiger charge is -2.27. The molecule has 0 saturated heterocycles. The van der Waals surface area contributed by atoms with Gasteiger partial charge in [0.1, 0.15) is 0 Å². The monoisotopic (exact) mass is 772 g/mol. The Morgan fingerprint density at radius 3 is 0.950 bits per heavy atom. The average Bonchev–Trinajstić information content (AvgIpc) is 3.29. The van der Waals surface area contributed by atoms with Crippen molar-refractivity contribution >= 4 is 34.1 Å². The molecule has 0 N–H and O–H groups in total.